The minimum Gasteiger partial charge on any atom is -0.256 e. The van der Waals surface area contributed by atoms with E-state index in [1.165, 1.54) is 22.0 Å². The predicted molar refractivity (Wildman–Crippen MR) is 63.8 cm³/mol. The van der Waals surface area contributed by atoms with Gasteiger partial charge in [-0.25, -0.2) is 0 Å². The molecule has 15 heavy (non-hydrogen) atoms. The molecule has 2 aromatic rings. The topological polar surface area (TPSA) is 12.9 Å². The number of fused-ring (bicyclic) bond motifs is 3. The molecule has 74 valence electrons. The lowest BCUT2D eigenvalue weighted by atomic mass is 9.87. The van der Waals surface area contributed by atoms with E-state index in [1.807, 2.05) is 12.3 Å². The first-order valence-corrected chi connectivity index (χ1v) is 5.40. The second-order valence-electron chi connectivity index (χ2n) is 4.18. The van der Waals surface area contributed by atoms with E-state index in [9.17, 15) is 0 Å². The Morgan fingerprint density at radius 3 is 3.13 bits per heavy atom. The van der Waals surface area contributed by atoms with E-state index in [4.69, 9.17) is 0 Å². The Balaban J connectivity index is 2.41. The van der Waals surface area contributed by atoms with Gasteiger partial charge in [-0.15, -0.1) is 0 Å². The summed E-state index contributed by atoms with van der Waals surface area (Å²) in [5, 5.41) is 1.25. The Kier molecular flexibility index (Phi) is 1.84. The first-order valence-electron chi connectivity index (χ1n) is 5.40. The quantitative estimate of drug-likeness (QED) is 0.623. The van der Waals surface area contributed by atoms with E-state index in [1.54, 1.807) is 0 Å². The van der Waals surface area contributed by atoms with Crippen LogP contribution in [0.15, 0.2) is 36.5 Å². The van der Waals surface area contributed by atoms with Crippen molar-refractivity contribution in [3.05, 3.63) is 47.7 Å². The molecule has 0 saturated carbocycles. The zero-order valence-corrected chi connectivity index (χ0v) is 8.77. The number of benzene rings is 1. The summed E-state index contributed by atoms with van der Waals surface area (Å²) in [5.74, 6) is 0.587. The summed E-state index contributed by atoms with van der Waals surface area (Å²) in [5.41, 5.74) is 3.92. The minimum absolute atomic E-state index is 0.587. The molecule has 0 radical (unpaired) electrons. The van der Waals surface area contributed by atoms with E-state index in [0.29, 0.717) is 5.92 Å². The summed E-state index contributed by atoms with van der Waals surface area (Å²) in [4.78, 5) is 4.51. The first kappa shape index (κ1) is 8.66. The molecule has 1 atom stereocenters. The van der Waals surface area contributed by atoms with Gasteiger partial charge in [0.2, 0.25) is 0 Å². The Bertz CT molecular complexity index is 540. The molecule has 1 aliphatic rings. The number of hydrogen-bond donors (Lipinski definition) is 0. The number of nitrogens with zero attached hydrogens (tertiary/aromatic N) is 1. The molecule has 1 nitrogen and oxygen atoms in total. The predicted octanol–water partition coefficient (Wildman–Crippen LogP) is 3.76. The van der Waals surface area contributed by atoms with Gasteiger partial charge in [0.05, 0.1) is 5.52 Å². The molecular formula is C14H13N. The fraction of sp³-hybridized carbons (Fsp3) is 0.214. The van der Waals surface area contributed by atoms with Gasteiger partial charge in [-0.3, -0.25) is 4.98 Å². The Morgan fingerprint density at radius 1 is 1.27 bits per heavy atom. The van der Waals surface area contributed by atoms with E-state index >= 15 is 0 Å². The van der Waals surface area contributed by atoms with Crippen LogP contribution in [-0.2, 0) is 0 Å². The van der Waals surface area contributed by atoms with E-state index in [0.717, 1.165) is 6.42 Å². The van der Waals surface area contributed by atoms with Crippen LogP contribution < -0.4 is 0 Å². The van der Waals surface area contributed by atoms with Crippen molar-refractivity contribution in [1.82, 2.24) is 4.98 Å². The van der Waals surface area contributed by atoms with Crippen LogP contribution in [0.3, 0.4) is 0 Å². The zero-order chi connectivity index (χ0) is 10.3. The molecule has 0 amide bonds. The van der Waals surface area contributed by atoms with Crippen LogP contribution in [0.5, 0.6) is 0 Å². The minimum atomic E-state index is 0.587. The van der Waals surface area contributed by atoms with E-state index in [2.05, 4.69) is 42.3 Å². The third kappa shape index (κ3) is 1.27. The third-order valence-electron chi connectivity index (χ3n) is 3.13. The van der Waals surface area contributed by atoms with Crippen molar-refractivity contribution in [2.75, 3.05) is 0 Å². The van der Waals surface area contributed by atoms with Crippen molar-refractivity contribution < 1.29 is 0 Å². The van der Waals surface area contributed by atoms with Crippen molar-refractivity contribution in [3.8, 4) is 0 Å². The average Bonchev–Trinajstić information content (AvgIpc) is 2.29. The standard InChI is InChI=1S/C14H13N/c1-10-4-2-5-11-7-8-12-6-3-9-15-14(12)13(10)11/h2-3,5-10H,4H2,1H3. The normalized spacial score (nSPS) is 19.1. The first-order chi connectivity index (χ1) is 7.36. The van der Waals surface area contributed by atoms with E-state index < -0.39 is 0 Å². The maximum absolute atomic E-state index is 4.51. The molecule has 1 aliphatic carbocycles. The highest BCUT2D eigenvalue weighted by Gasteiger charge is 2.15. The molecule has 0 bridgehead atoms. The van der Waals surface area contributed by atoms with Gasteiger partial charge in [-0.1, -0.05) is 37.3 Å². The van der Waals surface area contributed by atoms with Gasteiger partial charge in [-0.2, -0.15) is 0 Å². The van der Waals surface area contributed by atoms with Crippen molar-refractivity contribution in [2.24, 2.45) is 0 Å². The number of pyridine rings is 1. The van der Waals surface area contributed by atoms with Crippen LogP contribution in [0.2, 0.25) is 0 Å². The lowest BCUT2D eigenvalue weighted by Crippen LogP contribution is -2.01. The Labute approximate surface area is 89.5 Å². The summed E-state index contributed by atoms with van der Waals surface area (Å²) < 4.78 is 0. The van der Waals surface area contributed by atoms with Gasteiger partial charge in [0.1, 0.15) is 0 Å². The molecule has 1 heteroatoms. The van der Waals surface area contributed by atoms with Crippen LogP contribution in [0.4, 0.5) is 0 Å². The maximum Gasteiger partial charge on any atom is 0.0742 e. The zero-order valence-electron chi connectivity index (χ0n) is 8.77. The van der Waals surface area contributed by atoms with Crippen LogP contribution >= 0.6 is 0 Å². The molecule has 0 fully saturated rings. The summed E-state index contributed by atoms with van der Waals surface area (Å²) in [6, 6.07) is 8.49. The van der Waals surface area contributed by atoms with Crippen molar-refractivity contribution >= 4 is 17.0 Å². The van der Waals surface area contributed by atoms with Gasteiger partial charge in [0.25, 0.3) is 0 Å². The second-order valence-corrected chi connectivity index (χ2v) is 4.18. The molecule has 1 aromatic heterocycles. The van der Waals surface area contributed by atoms with Crippen LogP contribution in [0, 0.1) is 0 Å². The van der Waals surface area contributed by atoms with E-state index in [-0.39, 0.29) is 0 Å². The van der Waals surface area contributed by atoms with Crippen LogP contribution in [-0.4, -0.2) is 4.98 Å². The fourth-order valence-electron chi connectivity index (χ4n) is 2.36. The molecule has 1 unspecified atom stereocenters. The van der Waals surface area contributed by atoms with Gasteiger partial charge in [0, 0.05) is 11.6 Å². The smallest absolute Gasteiger partial charge is 0.0742 e. The summed E-state index contributed by atoms with van der Waals surface area (Å²) >= 11 is 0. The van der Waals surface area contributed by atoms with Gasteiger partial charge in [0.15, 0.2) is 0 Å². The summed E-state index contributed by atoms with van der Waals surface area (Å²) in [7, 11) is 0. The monoisotopic (exact) mass is 195 g/mol. The van der Waals surface area contributed by atoms with Gasteiger partial charge >= 0.3 is 0 Å². The molecule has 1 aromatic carbocycles. The molecule has 1 heterocycles. The number of hydrogen-bond acceptors (Lipinski definition) is 1. The Morgan fingerprint density at radius 2 is 2.20 bits per heavy atom. The molecule has 0 N–H and O–H groups in total. The molecular weight excluding hydrogens is 182 g/mol. The third-order valence-corrected chi connectivity index (χ3v) is 3.13. The van der Waals surface area contributed by atoms with Crippen LogP contribution in [0.1, 0.15) is 30.4 Å². The lowest BCUT2D eigenvalue weighted by Gasteiger charge is -2.19. The largest absolute Gasteiger partial charge is 0.256 e. The molecule has 3 rings (SSSR count). The SMILES string of the molecule is CC1CC=Cc2ccc3cccnc3c21. The van der Waals surface area contributed by atoms with Crippen molar-refractivity contribution in [3.63, 3.8) is 0 Å². The van der Waals surface area contributed by atoms with Gasteiger partial charge < -0.3 is 0 Å². The molecule has 0 spiro atoms. The number of aromatic nitrogens is 1. The summed E-state index contributed by atoms with van der Waals surface area (Å²) in [6.45, 7) is 2.27. The average molecular weight is 195 g/mol. The summed E-state index contributed by atoms with van der Waals surface area (Å²) in [6.07, 6.45) is 7.47. The highest BCUT2D eigenvalue weighted by Crippen LogP contribution is 2.33. The Hall–Kier alpha value is -1.63. The van der Waals surface area contributed by atoms with Crippen LogP contribution in [0.25, 0.3) is 17.0 Å². The highest BCUT2D eigenvalue weighted by atomic mass is 14.7. The molecule has 0 saturated heterocycles. The van der Waals surface area contributed by atoms with Crippen molar-refractivity contribution in [1.29, 1.82) is 0 Å². The number of rotatable bonds is 0. The lowest BCUT2D eigenvalue weighted by molar-refractivity contribution is 0.777. The van der Waals surface area contributed by atoms with Gasteiger partial charge in [-0.05, 0) is 29.5 Å². The fourth-order valence-corrected chi connectivity index (χ4v) is 2.36. The maximum atomic E-state index is 4.51. The highest BCUT2D eigenvalue weighted by molar-refractivity contribution is 5.86. The molecule has 0 aliphatic heterocycles. The van der Waals surface area contributed by atoms with Crippen molar-refractivity contribution in [2.45, 2.75) is 19.3 Å². The number of allylic oxidation sites excluding steroid dienone is 1. The second kappa shape index (κ2) is 3.20.